The normalized spacial score (nSPS) is 10.7. The van der Waals surface area contributed by atoms with E-state index in [1.165, 1.54) is 16.4 Å². The smallest absolute Gasteiger partial charge is 0.255 e. The number of hydrogen-bond acceptors (Lipinski definition) is 5. The number of anilines is 1. The van der Waals surface area contributed by atoms with Gasteiger partial charge in [-0.3, -0.25) is 4.79 Å². The number of rotatable bonds is 6. The molecule has 1 heterocycles. The summed E-state index contributed by atoms with van der Waals surface area (Å²) in [5.41, 5.74) is 3.31. The van der Waals surface area contributed by atoms with Crippen LogP contribution in [0.1, 0.15) is 15.9 Å². The minimum absolute atomic E-state index is 0.139. The molecule has 0 bridgehead atoms. The summed E-state index contributed by atoms with van der Waals surface area (Å²) in [6.07, 6.45) is 0. The highest BCUT2D eigenvalue weighted by Gasteiger charge is 2.14. The van der Waals surface area contributed by atoms with E-state index in [4.69, 9.17) is 5.84 Å². The van der Waals surface area contributed by atoms with E-state index in [2.05, 4.69) is 31.4 Å². The summed E-state index contributed by atoms with van der Waals surface area (Å²) in [4.78, 5) is 12.4. The second-order valence-electron chi connectivity index (χ2n) is 6.46. The van der Waals surface area contributed by atoms with Crippen molar-refractivity contribution in [2.75, 3.05) is 11.2 Å². The van der Waals surface area contributed by atoms with E-state index in [1.807, 2.05) is 78.9 Å². The fourth-order valence-corrected chi connectivity index (χ4v) is 4.10. The van der Waals surface area contributed by atoms with Gasteiger partial charge in [-0.25, -0.2) is 4.68 Å². The van der Waals surface area contributed by atoms with Crippen molar-refractivity contribution in [3.05, 3.63) is 94.5 Å². The van der Waals surface area contributed by atoms with E-state index >= 15 is 0 Å². The predicted molar refractivity (Wildman–Crippen MR) is 124 cm³/mol. The van der Waals surface area contributed by atoms with Gasteiger partial charge in [0.15, 0.2) is 5.82 Å². The molecule has 0 aliphatic rings. The van der Waals surface area contributed by atoms with E-state index in [1.54, 1.807) is 0 Å². The van der Waals surface area contributed by atoms with Crippen molar-refractivity contribution in [3.63, 3.8) is 0 Å². The number of halogens is 1. The molecule has 0 unspecified atom stereocenters. The molecular weight excluding hydrogens is 462 g/mol. The third-order valence-corrected chi connectivity index (χ3v) is 6.10. The Kier molecular flexibility index (Phi) is 6.15. The molecule has 1 amide bonds. The third kappa shape index (κ3) is 4.55. The standard InChI is InChI=1S/C22H18BrN5OS/c23-19-9-5-4-8-18(19)20-26-27-22(28(20)24)30-14-15-10-12-16(13-11-15)21(29)25-17-6-2-1-3-7-17/h1-13H,14,24H2,(H,25,29). The Morgan fingerprint density at radius 2 is 1.67 bits per heavy atom. The Morgan fingerprint density at radius 3 is 2.40 bits per heavy atom. The van der Waals surface area contributed by atoms with Crippen molar-refractivity contribution >= 4 is 39.3 Å². The van der Waals surface area contributed by atoms with Crippen LogP contribution in [0.25, 0.3) is 11.4 Å². The minimum Gasteiger partial charge on any atom is -0.335 e. The Balaban J connectivity index is 1.40. The fourth-order valence-electron chi connectivity index (χ4n) is 2.83. The molecule has 4 rings (SSSR count). The summed E-state index contributed by atoms with van der Waals surface area (Å²) in [6, 6.07) is 24.6. The molecule has 0 saturated heterocycles. The van der Waals surface area contributed by atoms with Crippen molar-refractivity contribution in [1.29, 1.82) is 0 Å². The van der Waals surface area contributed by atoms with Crippen LogP contribution in [0.5, 0.6) is 0 Å². The van der Waals surface area contributed by atoms with Crippen LogP contribution in [-0.4, -0.2) is 20.8 Å². The molecule has 150 valence electrons. The maximum atomic E-state index is 12.4. The first-order chi connectivity index (χ1) is 14.6. The summed E-state index contributed by atoms with van der Waals surface area (Å²) >= 11 is 5.00. The number of nitrogens with one attached hydrogen (secondary N) is 1. The van der Waals surface area contributed by atoms with Crippen molar-refractivity contribution < 1.29 is 4.79 Å². The number of nitrogen functional groups attached to an aromatic ring is 1. The van der Waals surface area contributed by atoms with E-state index in [9.17, 15) is 4.79 Å². The summed E-state index contributed by atoms with van der Waals surface area (Å²) in [5, 5.41) is 11.9. The summed E-state index contributed by atoms with van der Waals surface area (Å²) < 4.78 is 2.40. The van der Waals surface area contributed by atoms with Crippen LogP contribution in [0.4, 0.5) is 5.69 Å². The van der Waals surface area contributed by atoms with Crippen molar-refractivity contribution in [3.8, 4) is 11.4 Å². The lowest BCUT2D eigenvalue weighted by atomic mass is 10.1. The van der Waals surface area contributed by atoms with Crippen LogP contribution >= 0.6 is 27.7 Å². The monoisotopic (exact) mass is 479 g/mol. The lowest BCUT2D eigenvalue weighted by Gasteiger charge is -2.07. The molecule has 30 heavy (non-hydrogen) atoms. The van der Waals surface area contributed by atoms with Crippen LogP contribution in [0, 0.1) is 0 Å². The molecule has 0 saturated carbocycles. The van der Waals surface area contributed by atoms with Crippen molar-refractivity contribution in [2.45, 2.75) is 10.9 Å². The van der Waals surface area contributed by atoms with Gasteiger partial charge in [-0.05, 0) is 42.0 Å². The molecule has 0 aliphatic heterocycles. The second-order valence-corrected chi connectivity index (χ2v) is 8.26. The van der Waals surface area contributed by atoms with E-state index < -0.39 is 0 Å². The molecule has 3 N–H and O–H groups in total. The second kappa shape index (κ2) is 9.15. The number of para-hydroxylation sites is 1. The molecule has 6 nitrogen and oxygen atoms in total. The van der Waals surface area contributed by atoms with Crippen LogP contribution in [0.3, 0.4) is 0 Å². The van der Waals surface area contributed by atoms with Crippen LogP contribution in [-0.2, 0) is 5.75 Å². The predicted octanol–water partition coefficient (Wildman–Crippen LogP) is 4.97. The zero-order valence-corrected chi connectivity index (χ0v) is 18.2. The highest BCUT2D eigenvalue weighted by molar-refractivity contribution is 9.10. The number of nitrogens with two attached hydrogens (primary N) is 1. The van der Waals surface area contributed by atoms with E-state index in [0.717, 1.165) is 21.3 Å². The number of carbonyl (C=O) groups is 1. The molecule has 0 radical (unpaired) electrons. The minimum atomic E-state index is -0.139. The average molecular weight is 480 g/mol. The lowest BCUT2D eigenvalue weighted by Crippen LogP contribution is -2.12. The molecule has 0 atom stereocenters. The van der Waals surface area contributed by atoms with Gasteiger partial charge in [0, 0.05) is 27.0 Å². The summed E-state index contributed by atoms with van der Waals surface area (Å²) in [6.45, 7) is 0. The number of amides is 1. The van der Waals surface area contributed by atoms with Gasteiger partial charge >= 0.3 is 0 Å². The van der Waals surface area contributed by atoms with Gasteiger partial charge in [-0.1, -0.05) is 70.2 Å². The number of benzene rings is 3. The van der Waals surface area contributed by atoms with Gasteiger partial charge in [0.2, 0.25) is 5.16 Å². The Labute approximate surface area is 186 Å². The first-order valence-corrected chi connectivity index (χ1v) is 10.9. The molecule has 0 spiro atoms. The fraction of sp³-hybridized carbons (Fsp3) is 0.0455. The number of thioether (sulfide) groups is 1. The lowest BCUT2D eigenvalue weighted by molar-refractivity contribution is 0.102. The van der Waals surface area contributed by atoms with Crippen molar-refractivity contribution in [2.24, 2.45) is 0 Å². The molecule has 4 aromatic rings. The number of hydrogen-bond donors (Lipinski definition) is 2. The van der Waals surface area contributed by atoms with E-state index in [0.29, 0.717) is 22.3 Å². The number of aromatic nitrogens is 3. The number of nitrogens with zero attached hydrogens (tertiary/aromatic N) is 3. The van der Waals surface area contributed by atoms with Gasteiger partial charge in [0.1, 0.15) is 0 Å². The summed E-state index contributed by atoms with van der Waals surface area (Å²) in [7, 11) is 0. The van der Waals surface area contributed by atoms with Gasteiger partial charge in [0.25, 0.3) is 5.91 Å². The average Bonchev–Trinajstić information content (AvgIpc) is 3.14. The van der Waals surface area contributed by atoms with Crippen molar-refractivity contribution in [1.82, 2.24) is 14.9 Å². The first-order valence-electron chi connectivity index (χ1n) is 9.15. The van der Waals surface area contributed by atoms with Crippen LogP contribution in [0.2, 0.25) is 0 Å². The topological polar surface area (TPSA) is 85.8 Å². The highest BCUT2D eigenvalue weighted by atomic mass is 79.9. The first kappa shape index (κ1) is 20.2. The molecule has 0 fully saturated rings. The van der Waals surface area contributed by atoms with Crippen LogP contribution in [0.15, 0.2) is 88.5 Å². The maximum absolute atomic E-state index is 12.4. The Bertz CT molecular complexity index is 1160. The van der Waals surface area contributed by atoms with E-state index in [-0.39, 0.29) is 5.91 Å². The SMILES string of the molecule is Nn1c(SCc2ccc(C(=O)Nc3ccccc3)cc2)nnc1-c1ccccc1Br. The Morgan fingerprint density at radius 1 is 0.967 bits per heavy atom. The molecule has 8 heteroatoms. The molecular formula is C22H18BrN5OS. The molecule has 3 aromatic carbocycles. The maximum Gasteiger partial charge on any atom is 0.255 e. The Hall–Kier alpha value is -3.10. The quantitative estimate of drug-likeness (QED) is 0.301. The van der Waals surface area contributed by atoms with Gasteiger partial charge in [0.05, 0.1) is 0 Å². The van der Waals surface area contributed by atoms with Crippen LogP contribution < -0.4 is 11.2 Å². The number of carbonyl (C=O) groups excluding carboxylic acids is 1. The van der Waals surface area contributed by atoms with Gasteiger partial charge in [-0.2, -0.15) is 0 Å². The molecule has 1 aromatic heterocycles. The summed E-state index contributed by atoms with van der Waals surface area (Å²) in [5.74, 6) is 7.32. The van der Waals surface area contributed by atoms with Gasteiger partial charge in [-0.15, -0.1) is 10.2 Å². The highest BCUT2D eigenvalue weighted by Crippen LogP contribution is 2.29. The molecule has 0 aliphatic carbocycles. The third-order valence-electron chi connectivity index (χ3n) is 4.40. The zero-order valence-electron chi connectivity index (χ0n) is 15.8. The van der Waals surface area contributed by atoms with Gasteiger partial charge < -0.3 is 11.2 Å². The largest absolute Gasteiger partial charge is 0.335 e. The zero-order chi connectivity index (χ0) is 20.9.